The predicted octanol–water partition coefficient (Wildman–Crippen LogP) is 7.11. The molecule has 50 heavy (non-hydrogen) atoms. The SMILES string of the molecule is C1=CCC=C1.Nc1ccc2c(N3CCN(Cc4cn(CCCCCOc5ccc(C(=O)/C=C/C6=CCC=C6)cc5)nn4)CC3)ccnc2c1.[Fe+2]. The number of hydrogen-bond acceptors (Lipinski definition) is 8. The summed E-state index contributed by atoms with van der Waals surface area (Å²) in [7, 11) is 0. The zero-order valence-corrected chi connectivity index (χ0v) is 29.5. The van der Waals surface area contributed by atoms with E-state index in [2.05, 4.69) is 79.9 Å². The Morgan fingerprint density at radius 2 is 1.74 bits per heavy atom. The Bertz CT molecular complexity index is 1840. The van der Waals surface area contributed by atoms with Gasteiger partial charge in [0.15, 0.2) is 5.78 Å². The molecule has 4 aromatic rings. The minimum absolute atomic E-state index is 0. The Kier molecular flexibility index (Phi) is 13.8. The number of pyridine rings is 1. The normalized spacial score (nSPS) is 15.3. The fraction of sp³-hybridized carbons (Fsp3) is 0.300. The van der Waals surface area contributed by atoms with Gasteiger partial charge in [0, 0.05) is 74.0 Å². The van der Waals surface area contributed by atoms with Gasteiger partial charge in [0.25, 0.3) is 0 Å². The van der Waals surface area contributed by atoms with Crippen molar-refractivity contribution in [3.63, 3.8) is 0 Å². The molecule has 258 valence electrons. The molecule has 1 fully saturated rings. The summed E-state index contributed by atoms with van der Waals surface area (Å²) < 4.78 is 7.83. The Labute approximate surface area is 305 Å². The number of aryl methyl sites for hydroxylation is 1. The second kappa shape index (κ2) is 18.9. The molecule has 0 unspecified atom stereocenters. The molecule has 2 aromatic carbocycles. The number of unbranched alkanes of at least 4 members (excludes halogenated alkanes) is 2. The van der Waals surface area contributed by atoms with Gasteiger partial charge in [-0.1, -0.05) is 53.8 Å². The Morgan fingerprint density at radius 3 is 2.48 bits per heavy atom. The first-order valence-corrected chi connectivity index (χ1v) is 17.2. The number of rotatable bonds is 13. The molecule has 0 amide bonds. The molecule has 3 aliphatic rings. The first-order valence-electron chi connectivity index (χ1n) is 17.2. The number of nitrogen functional groups attached to an aromatic ring is 1. The van der Waals surface area contributed by atoms with Crippen molar-refractivity contribution < 1.29 is 26.6 Å². The van der Waals surface area contributed by atoms with E-state index < -0.39 is 0 Å². The third-order valence-corrected chi connectivity index (χ3v) is 8.75. The molecule has 1 aliphatic heterocycles. The van der Waals surface area contributed by atoms with Crippen molar-refractivity contribution in [3.8, 4) is 5.75 Å². The maximum Gasteiger partial charge on any atom is 2.00 e. The number of carbonyl (C=O) groups excluding carboxylic acids is 1. The molecule has 0 atom stereocenters. The largest absolute Gasteiger partial charge is 2.00 e. The average Bonchev–Trinajstić information content (AvgIpc) is 3.95. The molecule has 0 saturated carbocycles. The van der Waals surface area contributed by atoms with Crippen LogP contribution in [0.25, 0.3) is 10.9 Å². The molecule has 0 bridgehead atoms. The standard InChI is InChI=1S/C35H39N7O2.C5H6.Fe/c36-29-11-14-32-33(24-29)37-17-16-34(32)41-21-19-40(20-22-41)25-30-26-42(39-38-30)18-4-1-5-23-44-31-12-9-28(10-13-31)35(43)15-8-27-6-2-3-7-27;1-2-4-5-3-1;/h2,6-17,24,26H,1,3-5,18-23,25,36H2;1-4H,5H2;/q;;+2/b15-8+;;. The first-order chi connectivity index (χ1) is 24.1. The third-order valence-electron chi connectivity index (χ3n) is 8.75. The van der Waals surface area contributed by atoms with Crippen LogP contribution in [0, 0.1) is 0 Å². The summed E-state index contributed by atoms with van der Waals surface area (Å²) in [5, 5.41) is 9.92. The number of benzene rings is 2. The summed E-state index contributed by atoms with van der Waals surface area (Å²) in [5.74, 6) is 0.783. The second-order valence-corrected chi connectivity index (χ2v) is 12.4. The molecule has 2 aromatic heterocycles. The summed E-state index contributed by atoms with van der Waals surface area (Å²) in [6, 6.07) is 15.4. The smallest absolute Gasteiger partial charge is 0.494 e. The van der Waals surface area contributed by atoms with Gasteiger partial charge in [0.05, 0.1) is 17.8 Å². The number of fused-ring (bicyclic) bond motifs is 1. The van der Waals surface area contributed by atoms with E-state index in [9.17, 15) is 4.79 Å². The predicted molar refractivity (Wildman–Crippen MR) is 198 cm³/mol. The molecule has 2 N–H and O–H groups in total. The van der Waals surface area contributed by atoms with Crippen LogP contribution >= 0.6 is 0 Å². The number of carbonyl (C=O) groups is 1. The zero-order chi connectivity index (χ0) is 33.7. The van der Waals surface area contributed by atoms with Crippen molar-refractivity contribution >= 4 is 28.1 Å². The molecule has 7 rings (SSSR count). The molecular formula is C40H45FeN7O2+2. The number of anilines is 2. The average molecular weight is 712 g/mol. The maximum absolute atomic E-state index is 12.4. The van der Waals surface area contributed by atoms with Crippen molar-refractivity contribution in [1.29, 1.82) is 0 Å². The second-order valence-electron chi connectivity index (χ2n) is 12.4. The van der Waals surface area contributed by atoms with E-state index in [4.69, 9.17) is 10.5 Å². The minimum Gasteiger partial charge on any atom is -0.494 e. The van der Waals surface area contributed by atoms with Crippen molar-refractivity contribution in [2.24, 2.45) is 0 Å². The van der Waals surface area contributed by atoms with E-state index in [1.807, 2.05) is 59.4 Å². The quantitative estimate of drug-likeness (QED) is 0.0515. The van der Waals surface area contributed by atoms with E-state index in [-0.39, 0.29) is 22.9 Å². The summed E-state index contributed by atoms with van der Waals surface area (Å²) in [4.78, 5) is 21.7. The van der Waals surface area contributed by atoms with Crippen LogP contribution in [0.4, 0.5) is 11.4 Å². The number of aromatic nitrogens is 4. The minimum atomic E-state index is -0.00182. The fourth-order valence-electron chi connectivity index (χ4n) is 6.04. The van der Waals surface area contributed by atoms with Gasteiger partial charge < -0.3 is 15.4 Å². The molecule has 9 nitrogen and oxygen atoms in total. The molecule has 10 heteroatoms. The molecule has 3 heterocycles. The Hall–Kier alpha value is -4.76. The Balaban J connectivity index is 0.000000745. The summed E-state index contributed by atoms with van der Waals surface area (Å²) >= 11 is 0. The van der Waals surface area contributed by atoms with Gasteiger partial charge in [0.2, 0.25) is 0 Å². The number of allylic oxidation sites excluding steroid dienone is 10. The van der Waals surface area contributed by atoms with E-state index in [1.165, 1.54) is 5.69 Å². The third kappa shape index (κ3) is 10.6. The van der Waals surface area contributed by atoms with Crippen LogP contribution in [0.1, 0.15) is 48.2 Å². The monoisotopic (exact) mass is 711 g/mol. The van der Waals surface area contributed by atoms with Crippen LogP contribution in [0.5, 0.6) is 5.75 Å². The zero-order valence-electron chi connectivity index (χ0n) is 28.4. The number of piperazine rings is 1. The molecule has 1 saturated heterocycles. The van der Waals surface area contributed by atoms with Gasteiger partial charge >= 0.3 is 17.1 Å². The van der Waals surface area contributed by atoms with Crippen molar-refractivity contribution in [1.82, 2.24) is 24.9 Å². The van der Waals surface area contributed by atoms with E-state index in [0.29, 0.717) is 12.2 Å². The van der Waals surface area contributed by atoms with Gasteiger partial charge in [-0.15, -0.1) is 5.10 Å². The number of ether oxygens (including phenoxy) is 1. The number of hydrogen-bond donors (Lipinski definition) is 1. The van der Waals surface area contributed by atoms with Crippen LogP contribution in [0.3, 0.4) is 0 Å². The summed E-state index contributed by atoms with van der Waals surface area (Å²) in [6.45, 7) is 6.15. The number of nitrogens with two attached hydrogens (primary N) is 1. The van der Waals surface area contributed by atoms with E-state index in [1.54, 1.807) is 6.08 Å². The van der Waals surface area contributed by atoms with Gasteiger partial charge in [-0.2, -0.15) is 0 Å². The van der Waals surface area contributed by atoms with Gasteiger partial charge in [-0.25, -0.2) is 0 Å². The van der Waals surface area contributed by atoms with Crippen LogP contribution in [-0.4, -0.2) is 63.4 Å². The van der Waals surface area contributed by atoms with Crippen LogP contribution < -0.4 is 15.4 Å². The van der Waals surface area contributed by atoms with E-state index >= 15 is 0 Å². The van der Waals surface area contributed by atoms with Crippen molar-refractivity contribution in [2.45, 2.75) is 45.2 Å². The van der Waals surface area contributed by atoms with Crippen LogP contribution in [0.15, 0.2) is 121 Å². The van der Waals surface area contributed by atoms with Crippen molar-refractivity contribution in [2.75, 3.05) is 43.4 Å². The summed E-state index contributed by atoms with van der Waals surface area (Å²) in [6.07, 6.45) is 27.1. The topological polar surface area (TPSA) is 102 Å². The van der Waals surface area contributed by atoms with E-state index in [0.717, 1.165) is 105 Å². The van der Waals surface area contributed by atoms with Crippen LogP contribution in [-0.2, 0) is 30.2 Å². The Morgan fingerprint density at radius 1 is 0.920 bits per heavy atom. The molecule has 0 spiro atoms. The number of ketones is 1. The maximum atomic E-state index is 12.4. The first kappa shape index (κ1) is 36.5. The fourth-order valence-corrected chi connectivity index (χ4v) is 6.04. The summed E-state index contributed by atoms with van der Waals surface area (Å²) in [5.41, 5.74) is 11.6. The van der Waals surface area contributed by atoms with Crippen molar-refractivity contribution in [3.05, 3.63) is 132 Å². The van der Waals surface area contributed by atoms with Crippen LogP contribution in [0.2, 0.25) is 0 Å². The van der Waals surface area contributed by atoms with Gasteiger partial charge in [-0.05, 0) is 92.3 Å². The van der Waals surface area contributed by atoms with Gasteiger partial charge in [0.1, 0.15) is 5.75 Å². The molecular weight excluding hydrogens is 666 g/mol. The number of nitrogens with zero attached hydrogens (tertiary/aromatic N) is 6. The molecule has 2 aliphatic carbocycles. The van der Waals surface area contributed by atoms with Gasteiger partial charge in [-0.3, -0.25) is 19.4 Å². The molecule has 0 radical (unpaired) electrons.